The highest BCUT2D eigenvalue weighted by molar-refractivity contribution is 7.99. The summed E-state index contributed by atoms with van der Waals surface area (Å²) in [5.74, 6) is 3.14. The van der Waals surface area contributed by atoms with E-state index in [2.05, 4.69) is 0 Å². The van der Waals surface area contributed by atoms with Crippen molar-refractivity contribution in [2.24, 2.45) is 5.92 Å². The molecule has 1 aromatic carbocycles. The lowest BCUT2D eigenvalue weighted by Gasteiger charge is -2.37. The van der Waals surface area contributed by atoms with Gasteiger partial charge in [-0.25, -0.2) is 0 Å². The first-order valence-electron chi connectivity index (χ1n) is 7.13. The Morgan fingerprint density at radius 1 is 1.45 bits per heavy atom. The second-order valence-corrected chi connectivity index (χ2v) is 6.69. The fourth-order valence-electron chi connectivity index (χ4n) is 3.18. The van der Waals surface area contributed by atoms with Crippen molar-refractivity contribution in [1.82, 2.24) is 0 Å². The summed E-state index contributed by atoms with van der Waals surface area (Å²) in [4.78, 5) is 12.8. The molecule has 0 N–H and O–H groups in total. The highest BCUT2D eigenvalue weighted by Crippen LogP contribution is 2.41. The molecule has 0 aliphatic carbocycles. The van der Waals surface area contributed by atoms with Crippen LogP contribution in [0.15, 0.2) is 24.3 Å². The number of hydrogen-bond acceptors (Lipinski definition) is 4. The molecule has 2 fully saturated rings. The Bertz CT molecular complexity index is 494. The maximum Gasteiger partial charge on any atom is 0.169 e. The van der Waals surface area contributed by atoms with Crippen molar-refractivity contribution < 1.29 is 14.3 Å². The predicted molar refractivity (Wildman–Crippen MR) is 80.7 cm³/mol. The number of thioether (sulfide) groups is 1. The molecular weight excluding hydrogens is 272 g/mol. The van der Waals surface area contributed by atoms with E-state index < -0.39 is 0 Å². The smallest absolute Gasteiger partial charge is 0.169 e. The van der Waals surface area contributed by atoms with E-state index in [0.29, 0.717) is 17.9 Å². The normalized spacial score (nSPS) is 29.6. The van der Waals surface area contributed by atoms with Crippen molar-refractivity contribution >= 4 is 17.5 Å². The second-order valence-electron chi connectivity index (χ2n) is 5.59. The van der Waals surface area contributed by atoms with Crippen LogP contribution in [0.3, 0.4) is 0 Å². The molecule has 0 amide bonds. The number of Topliss-reactive ketones (excluding diaryl/α,β-unsaturated/α-hetero) is 1. The number of methoxy groups -OCH3 is 1. The number of carbonyl (C=O) groups is 1. The Balaban J connectivity index is 1.79. The summed E-state index contributed by atoms with van der Waals surface area (Å²) in [5, 5.41) is 0. The van der Waals surface area contributed by atoms with E-state index in [0.717, 1.165) is 30.8 Å². The molecule has 3 nitrogen and oxygen atoms in total. The van der Waals surface area contributed by atoms with Gasteiger partial charge in [-0.15, -0.1) is 0 Å². The fraction of sp³-hybridized carbons (Fsp3) is 0.562. The van der Waals surface area contributed by atoms with E-state index >= 15 is 0 Å². The van der Waals surface area contributed by atoms with Gasteiger partial charge >= 0.3 is 0 Å². The molecule has 4 heteroatoms. The summed E-state index contributed by atoms with van der Waals surface area (Å²) >= 11 is 1.94. The highest BCUT2D eigenvalue weighted by atomic mass is 32.2. The lowest BCUT2D eigenvalue weighted by molar-refractivity contribution is -0.0734. The molecule has 3 rings (SSSR count). The van der Waals surface area contributed by atoms with Gasteiger partial charge in [0, 0.05) is 18.3 Å². The van der Waals surface area contributed by atoms with Crippen LogP contribution in [0.2, 0.25) is 0 Å². The van der Waals surface area contributed by atoms with Gasteiger partial charge in [0.15, 0.2) is 5.78 Å². The molecule has 2 unspecified atom stereocenters. The number of benzene rings is 1. The Morgan fingerprint density at radius 2 is 2.30 bits per heavy atom. The third kappa shape index (κ3) is 2.59. The van der Waals surface area contributed by atoms with Crippen LogP contribution in [0.4, 0.5) is 0 Å². The van der Waals surface area contributed by atoms with Gasteiger partial charge < -0.3 is 9.47 Å². The molecule has 1 spiro atoms. The molecular formula is C16H20O3S. The van der Waals surface area contributed by atoms with Crippen LogP contribution in [0.1, 0.15) is 29.6 Å². The van der Waals surface area contributed by atoms with E-state index in [1.807, 2.05) is 36.0 Å². The summed E-state index contributed by atoms with van der Waals surface area (Å²) in [6.45, 7) is 0.701. The van der Waals surface area contributed by atoms with E-state index in [1.165, 1.54) is 0 Å². The number of ether oxygens (including phenoxy) is 2. The van der Waals surface area contributed by atoms with Gasteiger partial charge in [0.05, 0.1) is 18.3 Å². The van der Waals surface area contributed by atoms with Crippen molar-refractivity contribution in [3.05, 3.63) is 29.8 Å². The number of rotatable bonds is 3. The van der Waals surface area contributed by atoms with Gasteiger partial charge in [-0.1, -0.05) is 12.1 Å². The summed E-state index contributed by atoms with van der Waals surface area (Å²) < 4.78 is 11.3. The number of ketones is 1. The average molecular weight is 292 g/mol. The predicted octanol–water partition coefficient (Wildman–Crippen LogP) is 3.18. The largest absolute Gasteiger partial charge is 0.496 e. The molecule has 2 saturated heterocycles. The molecule has 2 aliphatic rings. The van der Waals surface area contributed by atoms with Crippen LogP contribution in [0, 0.1) is 5.92 Å². The highest BCUT2D eigenvalue weighted by Gasteiger charge is 2.42. The van der Waals surface area contributed by atoms with Crippen LogP contribution in [-0.2, 0) is 4.74 Å². The summed E-state index contributed by atoms with van der Waals surface area (Å²) in [5.41, 5.74) is 0.660. The number of carbonyl (C=O) groups excluding carboxylic acids is 1. The SMILES string of the molecule is COc1ccccc1C(=O)C1CCOC2(CCSC2)C1. The van der Waals surface area contributed by atoms with E-state index in [4.69, 9.17) is 9.47 Å². The van der Waals surface area contributed by atoms with Crippen molar-refractivity contribution in [1.29, 1.82) is 0 Å². The van der Waals surface area contributed by atoms with Crippen molar-refractivity contribution in [3.63, 3.8) is 0 Å². The lowest BCUT2D eigenvalue weighted by atomic mass is 9.81. The molecule has 20 heavy (non-hydrogen) atoms. The lowest BCUT2D eigenvalue weighted by Crippen LogP contribution is -2.42. The van der Waals surface area contributed by atoms with Crippen LogP contribution in [0.5, 0.6) is 5.75 Å². The Morgan fingerprint density at radius 3 is 3.05 bits per heavy atom. The molecule has 2 aliphatic heterocycles. The zero-order valence-electron chi connectivity index (χ0n) is 11.8. The molecule has 108 valence electrons. The first kappa shape index (κ1) is 14.0. The van der Waals surface area contributed by atoms with Crippen molar-refractivity contribution in [2.45, 2.75) is 24.9 Å². The van der Waals surface area contributed by atoms with Crippen LogP contribution < -0.4 is 4.74 Å². The standard InChI is InChI=1S/C16H20O3S/c1-18-14-5-3-2-4-13(14)15(17)12-6-8-19-16(10-12)7-9-20-11-16/h2-5,12H,6-11H2,1H3. The van der Waals surface area contributed by atoms with Crippen molar-refractivity contribution in [3.8, 4) is 5.75 Å². The van der Waals surface area contributed by atoms with E-state index in [-0.39, 0.29) is 17.3 Å². The van der Waals surface area contributed by atoms with Gasteiger partial charge in [0.25, 0.3) is 0 Å². The van der Waals surface area contributed by atoms with E-state index in [1.54, 1.807) is 7.11 Å². The molecule has 0 aromatic heterocycles. The Labute approximate surface area is 124 Å². The zero-order valence-corrected chi connectivity index (χ0v) is 12.6. The molecule has 0 radical (unpaired) electrons. The first-order chi connectivity index (χ1) is 9.74. The van der Waals surface area contributed by atoms with Crippen LogP contribution in [-0.4, -0.2) is 36.6 Å². The summed E-state index contributed by atoms with van der Waals surface area (Å²) in [7, 11) is 1.62. The summed E-state index contributed by atoms with van der Waals surface area (Å²) in [6, 6.07) is 7.52. The second kappa shape index (κ2) is 5.78. The average Bonchev–Trinajstić information content (AvgIpc) is 2.94. The molecule has 2 heterocycles. The van der Waals surface area contributed by atoms with Gasteiger partial charge in [-0.05, 0) is 37.1 Å². The third-order valence-electron chi connectivity index (χ3n) is 4.30. The molecule has 0 saturated carbocycles. The first-order valence-corrected chi connectivity index (χ1v) is 8.28. The van der Waals surface area contributed by atoms with E-state index in [9.17, 15) is 4.79 Å². The maximum absolute atomic E-state index is 12.8. The van der Waals surface area contributed by atoms with Crippen LogP contribution in [0.25, 0.3) is 0 Å². The number of para-hydroxylation sites is 1. The minimum absolute atomic E-state index is 0.0503. The maximum atomic E-state index is 12.8. The third-order valence-corrected chi connectivity index (χ3v) is 5.53. The number of hydrogen-bond donors (Lipinski definition) is 0. The van der Waals surface area contributed by atoms with Gasteiger partial charge in [0.2, 0.25) is 0 Å². The minimum atomic E-state index is -0.0503. The quantitative estimate of drug-likeness (QED) is 0.802. The molecule has 2 atom stereocenters. The fourth-order valence-corrected chi connectivity index (χ4v) is 4.56. The monoisotopic (exact) mass is 292 g/mol. The molecule has 0 bridgehead atoms. The minimum Gasteiger partial charge on any atom is -0.496 e. The van der Waals surface area contributed by atoms with Crippen LogP contribution >= 0.6 is 11.8 Å². The Hall–Kier alpha value is -1.00. The summed E-state index contributed by atoms with van der Waals surface area (Å²) in [6.07, 6.45) is 2.76. The van der Waals surface area contributed by atoms with Gasteiger partial charge in [-0.3, -0.25) is 4.79 Å². The van der Waals surface area contributed by atoms with Gasteiger partial charge in [-0.2, -0.15) is 11.8 Å². The molecule has 1 aromatic rings. The van der Waals surface area contributed by atoms with Crippen molar-refractivity contribution in [2.75, 3.05) is 25.2 Å². The Kier molecular flexibility index (Phi) is 4.03. The zero-order chi connectivity index (χ0) is 14.0. The topological polar surface area (TPSA) is 35.5 Å². The van der Waals surface area contributed by atoms with Gasteiger partial charge in [0.1, 0.15) is 5.75 Å².